The quantitative estimate of drug-likeness (QED) is 0.334. The smallest absolute Gasteiger partial charge is 0.322 e. The van der Waals surface area contributed by atoms with Gasteiger partial charge in [-0.15, -0.1) is 0 Å². The van der Waals surface area contributed by atoms with E-state index in [-0.39, 0.29) is 55.3 Å². The molecule has 16 heavy (non-hydrogen) atoms. The number of hydrogen-bond acceptors (Lipinski definition) is 2. The van der Waals surface area contributed by atoms with E-state index < -0.39 is 0 Å². The Hall–Kier alpha value is 0.0401. The molecule has 0 fully saturated rings. The van der Waals surface area contributed by atoms with Crippen LogP contribution in [0.2, 0.25) is 0 Å². The zero-order valence-corrected chi connectivity index (χ0v) is 14.7. The molecule has 0 aliphatic heterocycles. The van der Waals surface area contributed by atoms with E-state index in [2.05, 4.69) is 0 Å². The van der Waals surface area contributed by atoms with Gasteiger partial charge in [-0.1, -0.05) is 27.7 Å². The van der Waals surface area contributed by atoms with Crippen LogP contribution in [0.3, 0.4) is 0 Å². The summed E-state index contributed by atoms with van der Waals surface area (Å²) in [4.78, 5) is 9.23. The number of allylic oxidation sites excluding steroid dienone is 2. The largest absolute Gasteiger partial charge is 0.512 e. The van der Waals surface area contributed by atoms with Gasteiger partial charge in [0, 0.05) is 37.9 Å². The summed E-state index contributed by atoms with van der Waals surface area (Å²) >= 11 is 0. The average molecular weight is 396 g/mol. The van der Waals surface area contributed by atoms with E-state index in [0.29, 0.717) is 0 Å². The summed E-state index contributed by atoms with van der Waals surface area (Å²) in [5.74, 6) is 0.624. The van der Waals surface area contributed by atoms with Crippen LogP contribution in [0.25, 0.3) is 0 Å². The zero-order chi connectivity index (χ0) is 12.6. The first-order chi connectivity index (χ1) is 6.68. The second-order valence-electron chi connectivity index (χ2n) is 4.40. The molecule has 0 aliphatic carbocycles. The Balaban J connectivity index is -0.000000292. The van der Waals surface area contributed by atoms with E-state index in [9.17, 15) is 9.90 Å². The number of carbonyl (C=O) groups excluding carboxylic acids is 1. The average Bonchev–Trinajstić information content (AvgIpc) is 2.02. The van der Waals surface area contributed by atoms with Gasteiger partial charge in [0.1, 0.15) is 5.76 Å². The van der Waals surface area contributed by atoms with Crippen LogP contribution < -0.4 is 0 Å². The SMILES string of the molecule is CC(C)C(=[OH+])/C=C(\O)C(C)C.CC(C)O.[Hf]. The first kappa shape index (κ1) is 21.3. The first-order valence-electron chi connectivity index (χ1n) is 5.32. The Kier molecular flexibility index (Phi) is 15.4. The fraction of sp³-hybridized carbons (Fsp3) is 0.750. The third-order valence-corrected chi connectivity index (χ3v) is 1.48. The Morgan fingerprint density at radius 3 is 1.50 bits per heavy atom. The van der Waals surface area contributed by atoms with Crippen molar-refractivity contribution < 1.29 is 40.9 Å². The van der Waals surface area contributed by atoms with E-state index in [1.165, 1.54) is 6.08 Å². The van der Waals surface area contributed by atoms with Crippen LogP contribution >= 0.6 is 0 Å². The van der Waals surface area contributed by atoms with Gasteiger partial charge in [-0.05, 0) is 13.8 Å². The third-order valence-electron chi connectivity index (χ3n) is 1.48. The number of rotatable bonds is 3. The van der Waals surface area contributed by atoms with E-state index in [1.54, 1.807) is 13.8 Å². The topological polar surface area (TPSA) is 61.9 Å². The standard InChI is InChI=1S/C9H16O2.C3H8O.Hf/c1-6(2)8(10)5-9(11)7(3)4;1-3(2)4;/h5-7,10H,1-4H3;3-4H,1-2H3;/p+1/b8-5-;;. The second kappa shape index (κ2) is 11.5. The van der Waals surface area contributed by atoms with Gasteiger partial charge in [-0.2, -0.15) is 0 Å². The second-order valence-corrected chi connectivity index (χ2v) is 4.40. The molecule has 0 radical (unpaired) electrons. The van der Waals surface area contributed by atoms with Crippen molar-refractivity contribution in [3.05, 3.63) is 11.8 Å². The molecule has 3 nitrogen and oxygen atoms in total. The van der Waals surface area contributed by atoms with Crippen LogP contribution in [0.4, 0.5) is 0 Å². The van der Waals surface area contributed by atoms with Gasteiger partial charge < -0.3 is 10.2 Å². The summed E-state index contributed by atoms with van der Waals surface area (Å²) in [6.07, 6.45) is 1.26. The van der Waals surface area contributed by atoms with Gasteiger partial charge in [0.25, 0.3) is 0 Å². The summed E-state index contributed by atoms with van der Waals surface area (Å²) in [6, 6.07) is 0. The van der Waals surface area contributed by atoms with Gasteiger partial charge in [0.2, 0.25) is 0 Å². The molecular weight excluding hydrogens is 371 g/mol. The molecule has 94 valence electrons. The summed E-state index contributed by atoms with van der Waals surface area (Å²) < 4.78 is 0. The van der Waals surface area contributed by atoms with E-state index in [0.717, 1.165) is 0 Å². The maximum atomic E-state index is 9.23. The fourth-order valence-electron chi connectivity index (χ4n) is 0.485. The third kappa shape index (κ3) is 16.5. The molecule has 0 saturated heterocycles. The maximum absolute atomic E-state index is 9.23. The molecule has 4 heteroatoms. The molecule has 0 spiro atoms. The first-order valence-corrected chi connectivity index (χ1v) is 5.32. The Bertz CT molecular complexity index is 206. The van der Waals surface area contributed by atoms with Crippen molar-refractivity contribution in [2.24, 2.45) is 11.8 Å². The molecule has 0 aromatic heterocycles. The molecule has 3 N–H and O–H groups in total. The Morgan fingerprint density at radius 2 is 1.31 bits per heavy atom. The molecule has 0 bridgehead atoms. The number of aliphatic hydroxyl groups excluding tert-OH is 2. The number of ketones is 1. The summed E-state index contributed by atoms with van der Waals surface area (Å²) in [5, 5.41) is 17.3. The van der Waals surface area contributed by atoms with Crippen LogP contribution in [0.15, 0.2) is 11.8 Å². The van der Waals surface area contributed by atoms with Crippen molar-refractivity contribution in [2.45, 2.75) is 47.6 Å². The van der Waals surface area contributed by atoms with Crippen LogP contribution in [-0.2, 0) is 25.8 Å². The van der Waals surface area contributed by atoms with Crippen molar-refractivity contribution in [1.29, 1.82) is 0 Å². The van der Waals surface area contributed by atoms with Crippen LogP contribution in [0, 0.1) is 11.8 Å². The molecule has 0 aromatic rings. The molecule has 0 amide bonds. The minimum absolute atomic E-state index is 0. The van der Waals surface area contributed by atoms with Crippen molar-refractivity contribution in [1.82, 2.24) is 0 Å². The van der Waals surface area contributed by atoms with Gasteiger partial charge >= 0.3 is 5.78 Å². The van der Waals surface area contributed by atoms with Crippen LogP contribution in [-0.4, -0.2) is 26.9 Å². The molecule has 0 atom stereocenters. The minimum atomic E-state index is -0.167. The number of hydrogen-bond donors (Lipinski definition) is 2. The van der Waals surface area contributed by atoms with E-state index in [4.69, 9.17) is 5.11 Å². The monoisotopic (exact) mass is 397 g/mol. The summed E-state index contributed by atoms with van der Waals surface area (Å²) in [6.45, 7) is 10.9. The Labute approximate surface area is 118 Å². The van der Waals surface area contributed by atoms with Crippen LogP contribution in [0.5, 0.6) is 0 Å². The molecule has 0 rings (SSSR count). The van der Waals surface area contributed by atoms with Gasteiger partial charge in [-0.3, -0.25) is 4.79 Å². The zero-order valence-electron chi connectivity index (χ0n) is 11.2. The Morgan fingerprint density at radius 1 is 1.00 bits per heavy atom. The van der Waals surface area contributed by atoms with Gasteiger partial charge in [0.05, 0.1) is 12.0 Å². The normalized spacial score (nSPS) is 11.0. The van der Waals surface area contributed by atoms with E-state index in [1.807, 2.05) is 27.7 Å². The van der Waals surface area contributed by atoms with Crippen molar-refractivity contribution >= 4 is 5.78 Å². The van der Waals surface area contributed by atoms with Gasteiger partial charge in [-0.25, -0.2) is 0 Å². The van der Waals surface area contributed by atoms with Crippen LogP contribution in [0.1, 0.15) is 41.5 Å². The van der Waals surface area contributed by atoms with Crippen molar-refractivity contribution in [3.63, 3.8) is 0 Å². The predicted molar refractivity (Wildman–Crippen MR) is 64.7 cm³/mol. The molecule has 0 heterocycles. The number of aliphatic hydroxyl groups is 2. The van der Waals surface area contributed by atoms with Crippen molar-refractivity contribution in [3.8, 4) is 0 Å². The molecular formula is C12H25HfO3+. The molecule has 0 aromatic carbocycles. The minimum Gasteiger partial charge on any atom is -0.512 e. The predicted octanol–water partition coefficient (Wildman–Crippen LogP) is 2.67. The fourth-order valence-corrected chi connectivity index (χ4v) is 0.485. The van der Waals surface area contributed by atoms with E-state index >= 15 is 0 Å². The molecule has 0 unspecified atom stereocenters. The summed E-state index contributed by atoms with van der Waals surface area (Å²) in [7, 11) is 0. The maximum Gasteiger partial charge on any atom is 0.322 e. The summed E-state index contributed by atoms with van der Waals surface area (Å²) in [5.41, 5.74) is 0. The molecule has 0 aliphatic rings. The molecule has 0 saturated carbocycles. The van der Waals surface area contributed by atoms with Crippen molar-refractivity contribution in [2.75, 3.05) is 0 Å². The van der Waals surface area contributed by atoms with Gasteiger partial charge in [0.15, 0.2) is 0 Å².